The van der Waals surface area contributed by atoms with E-state index in [0.717, 1.165) is 67.0 Å². The van der Waals surface area contributed by atoms with Gasteiger partial charge in [0.05, 0.1) is 18.0 Å². The van der Waals surface area contributed by atoms with Crippen LogP contribution in [0.1, 0.15) is 25.0 Å². The van der Waals surface area contributed by atoms with Crippen LogP contribution in [0.5, 0.6) is 0 Å². The van der Waals surface area contributed by atoms with Crippen LogP contribution in [-0.2, 0) is 5.41 Å². The van der Waals surface area contributed by atoms with Gasteiger partial charge in [0.25, 0.3) is 0 Å². The van der Waals surface area contributed by atoms with Crippen LogP contribution in [0.25, 0.3) is 94.4 Å². The molecule has 0 saturated carbocycles. The minimum absolute atomic E-state index is 0.102. The molecular formula is C56H39N3. The van der Waals surface area contributed by atoms with Gasteiger partial charge in [0, 0.05) is 22.1 Å². The SMILES string of the molecule is [C-]#[N+]c1ccc2c(c1)-c1cc(-c3ccc(-c4ccc(-c5cc(-c6cc(-c7ccccc7)cc(-c7ccccc7)c6)nc(-c6ccccc6)n5)cc4)cc3)ccc1C2(C)C. The maximum atomic E-state index is 7.58. The fourth-order valence-corrected chi connectivity index (χ4v) is 8.52. The number of fused-ring (bicyclic) bond motifs is 3. The zero-order valence-electron chi connectivity index (χ0n) is 32.9. The lowest BCUT2D eigenvalue weighted by Crippen LogP contribution is -2.14. The highest BCUT2D eigenvalue weighted by atomic mass is 14.9. The fourth-order valence-electron chi connectivity index (χ4n) is 8.52. The number of hydrogen-bond acceptors (Lipinski definition) is 2. The molecule has 1 aliphatic carbocycles. The number of aromatic nitrogens is 2. The molecule has 1 aliphatic rings. The van der Waals surface area contributed by atoms with E-state index in [2.05, 4.69) is 189 Å². The Morgan fingerprint density at radius 3 is 1.31 bits per heavy atom. The van der Waals surface area contributed by atoms with Gasteiger partial charge in [0.1, 0.15) is 0 Å². The number of rotatable bonds is 7. The molecule has 0 atom stereocenters. The Labute approximate surface area is 345 Å². The summed E-state index contributed by atoms with van der Waals surface area (Å²) < 4.78 is 0. The Morgan fingerprint density at radius 1 is 0.356 bits per heavy atom. The Kier molecular flexibility index (Phi) is 8.89. The topological polar surface area (TPSA) is 30.1 Å². The van der Waals surface area contributed by atoms with E-state index in [1.807, 2.05) is 30.3 Å². The van der Waals surface area contributed by atoms with Gasteiger partial charge in [-0.3, -0.25) is 0 Å². The summed E-state index contributed by atoms with van der Waals surface area (Å²) in [6.45, 7) is 12.1. The van der Waals surface area contributed by atoms with Crippen LogP contribution >= 0.6 is 0 Å². The smallest absolute Gasteiger partial charge is 0.187 e. The molecule has 0 saturated heterocycles. The van der Waals surface area contributed by atoms with Gasteiger partial charge >= 0.3 is 0 Å². The van der Waals surface area contributed by atoms with Crippen molar-refractivity contribution >= 4 is 5.69 Å². The summed E-state index contributed by atoms with van der Waals surface area (Å²) in [5.41, 5.74) is 19.5. The summed E-state index contributed by atoms with van der Waals surface area (Å²) in [6.07, 6.45) is 0. The minimum atomic E-state index is -0.102. The van der Waals surface area contributed by atoms with E-state index in [0.29, 0.717) is 11.5 Å². The Bertz CT molecular complexity index is 2980. The number of nitrogens with zero attached hydrogens (tertiary/aromatic N) is 3. The predicted octanol–water partition coefficient (Wildman–Crippen LogP) is 15.0. The molecule has 8 aromatic carbocycles. The third kappa shape index (κ3) is 6.71. The lowest BCUT2D eigenvalue weighted by molar-refractivity contribution is 0.660. The molecule has 0 radical (unpaired) electrons. The molecule has 0 fully saturated rings. The zero-order chi connectivity index (χ0) is 39.9. The van der Waals surface area contributed by atoms with E-state index in [4.69, 9.17) is 16.5 Å². The number of benzene rings is 8. The third-order valence-corrected chi connectivity index (χ3v) is 11.7. The molecular weight excluding hydrogens is 715 g/mol. The van der Waals surface area contributed by atoms with E-state index in [1.54, 1.807) is 0 Å². The van der Waals surface area contributed by atoms with Crippen molar-refractivity contribution in [2.24, 2.45) is 0 Å². The number of hydrogen-bond donors (Lipinski definition) is 0. The van der Waals surface area contributed by atoms with Crippen molar-refractivity contribution in [1.29, 1.82) is 0 Å². The first kappa shape index (κ1) is 35.7. The molecule has 0 N–H and O–H groups in total. The highest BCUT2D eigenvalue weighted by Crippen LogP contribution is 2.50. The molecule has 9 aromatic rings. The molecule has 1 heterocycles. The lowest BCUT2D eigenvalue weighted by atomic mass is 9.82. The third-order valence-electron chi connectivity index (χ3n) is 11.7. The second kappa shape index (κ2) is 14.7. The normalized spacial score (nSPS) is 12.4. The van der Waals surface area contributed by atoms with E-state index in [1.165, 1.54) is 27.8 Å². The van der Waals surface area contributed by atoms with Gasteiger partial charge < -0.3 is 0 Å². The van der Waals surface area contributed by atoms with Crippen molar-refractivity contribution in [3.63, 3.8) is 0 Å². The van der Waals surface area contributed by atoms with Crippen LogP contribution in [0.3, 0.4) is 0 Å². The first-order chi connectivity index (χ1) is 28.9. The Hall–Kier alpha value is -7.67. The Morgan fingerprint density at radius 2 is 0.763 bits per heavy atom. The minimum Gasteiger partial charge on any atom is -0.238 e. The van der Waals surface area contributed by atoms with E-state index >= 15 is 0 Å². The summed E-state index contributed by atoms with van der Waals surface area (Å²) >= 11 is 0. The first-order valence-electron chi connectivity index (χ1n) is 20.0. The van der Waals surface area contributed by atoms with Crippen molar-refractivity contribution < 1.29 is 0 Å². The van der Waals surface area contributed by atoms with Gasteiger partial charge in [-0.25, -0.2) is 14.8 Å². The van der Waals surface area contributed by atoms with E-state index in [-0.39, 0.29) is 5.41 Å². The van der Waals surface area contributed by atoms with Crippen molar-refractivity contribution in [3.05, 3.63) is 223 Å². The quantitative estimate of drug-likeness (QED) is 0.152. The van der Waals surface area contributed by atoms with Crippen LogP contribution in [0.2, 0.25) is 0 Å². The molecule has 278 valence electrons. The van der Waals surface area contributed by atoms with Crippen LogP contribution < -0.4 is 0 Å². The molecule has 0 bridgehead atoms. The average molecular weight is 754 g/mol. The average Bonchev–Trinajstić information content (AvgIpc) is 3.54. The van der Waals surface area contributed by atoms with E-state index in [9.17, 15) is 0 Å². The fraction of sp³-hybridized carbons (Fsp3) is 0.0536. The van der Waals surface area contributed by atoms with Crippen molar-refractivity contribution in [2.45, 2.75) is 19.3 Å². The predicted molar refractivity (Wildman–Crippen MR) is 244 cm³/mol. The van der Waals surface area contributed by atoms with Crippen LogP contribution in [0, 0.1) is 6.57 Å². The van der Waals surface area contributed by atoms with Gasteiger partial charge in [0.2, 0.25) is 0 Å². The molecule has 3 heteroatoms. The molecule has 1 aromatic heterocycles. The summed E-state index contributed by atoms with van der Waals surface area (Å²) in [5, 5.41) is 0. The van der Waals surface area contributed by atoms with Gasteiger partial charge in [-0.2, -0.15) is 0 Å². The molecule has 0 spiro atoms. The van der Waals surface area contributed by atoms with Crippen LogP contribution in [0.4, 0.5) is 5.69 Å². The Balaban J connectivity index is 0.992. The summed E-state index contributed by atoms with van der Waals surface area (Å²) in [5.74, 6) is 0.689. The lowest BCUT2D eigenvalue weighted by Gasteiger charge is -2.21. The highest BCUT2D eigenvalue weighted by molar-refractivity contribution is 5.87. The van der Waals surface area contributed by atoms with Gasteiger partial charge in [-0.1, -0.05) is 178 Å². The maximum Gasteiger partial charge on any atom is 0.187 e. The summed E-state index contributed by atoms with van der Waals surface area (Å²) in [4.78, 5) is 14.0. The zero-order valence-corrected chi connectivity index (χ0v) is 32.9. The van der Waals surface area contributed by atoms with Gasteiger partial charge in [-0.15, -0.1) is 0 Å². The van der Waals surface area contributed by atoms with Crippen LogP contribution in [0.15, 0.2) is 200 Å². The highest BCUT2D eigenvalue weighted by Gasteiger charge is 2.35. The molecule has 0 aliphatic heterocycles. The molecule has 59 heavy (non-hydrogen) atoms. The maximum absolute atomic E-state index is 7.58. The molecule has 10 rings (SSSR count). The summed E-state index contributed by atoms with van der Waals surface area (Å²) in [7, 11) is 0. The van der Waals surface area contributed by atoms with Crippen molar-refractivity contribution in [2.75, 3.05) is 0 Å². The van der Waals surface area contributed by atoms with Gasteiger partial charge in [0.15, 0.2) is 11.5 Å². The standard InChI is InChI=1S/C56H39N3/c1-56(2)51-29-27-44(34-49(51)50-35-48(57-3)28-30-52(50)56)41-21-19-39(20-22-41)40-23-25-42(26-24-40)53-36-54(59-55(58-53)43-17-11-6-12-18-43)47-32-45(37-13-7-4-8-14-37)31-46(33-47)38-15-9-5-10-16-38/h4-36H,1-2H3. The second-order valence-electron chi connectivity index (χ2n) is 15.7. The second-order valence-corrected chi connectivity index (χ2v) is 15.7. The van der Waals surface area contributed by atoms with Gasteiger partial charge in [-0.05, 0) is 103 Å². The van der Waals surface area contributed by atoms with E-state index < -0.39 is 0 Å². The molecule has 3 nitrogen and oxygen atoms in total. The van der Waals surface area contributed by atoms with Crippen molar-refractivity contribution in [3.8, 4) is 89.5 Å². The van der Waals surface area contributed by atoms with Crippen molar-refractivity contribution in [1.82, 2.24) is 9.97 Å². The molecule has 0 amide bonds. The molecule has 0 unspecified atom stereocenters. The van der Waals surface area contributed by atoms with Crippen LogP contribution in [-0.4, -0.2) is 9.97 Å². The largest absolute Gasteiger partial charge is 0.238 e. The monoisotopic (exact) mass is 753 g/mol. The first-order valence-corrected chi connectivity index (χ1v) is 20.0. The summed E-state index contributed by atoms with van der Waals surface area (Å²) in [6, 6.07) is 70.5.